The van der Waals surface area contributed by atoms with Crippen molar-refractivity contribution in [2.75, 3.05) is 34.1 Å². The van der Waals surface area contributed by atoms with E-state index in [0.717, 1.165) is 53.0 Å². The van der Waals surface area contributed by atoms with E-state index in [1.54, 1.807) is 14.2 Å². The molecule has 3 aliphatic heterocycles. The summed E-state index contributed by atoms with van der Waals surface area (Å²) in [4.78, 5) is 2.48. The van der Waals surface area contributed by atoms with Crippen molar-refractivity contribution >= 4 is 0 Å². The second kappa shape index (κ2) is 7.27. The SMILES string of the molecule is COc1ccc(C2c3cc4c(cc3OC(C)(N3CCCC3)C2C)OCO4)c(OC)c1. The third-order valence-electron chi connectivity index (χ3n) is 7.01. The highest BCUT2D eigenvalue weighted by molar-refractivity contribution is 5.58. The van der Waals surface area contributed by atoms with Crippen LogP contribution in [0.5, 0.6) is 28.7 Å². The lowest BCUT2D eigenvalue weighted by Crippen LogP contribution is -2.57. The molecule has 0 aromatic heterocycles. The number of methoxy groups -OCH3 is 2. The van der Waals surface area contributed by atoms with Gasteiger partial charge in [0.05, 0.1) is 14.2 Å². The van der Waals surface area contributed by atoms with Crippen LogP contribution in [0.25, 0.3) is 0 Å². The molecule has 3 atom stereocenters. The van der Waals surface area contributed by atoms with Crippen LogP contribution < -0.4 is 23.7 Å². The Morgan fingerprint density at radius 3 is 2.37 bits per heavy atom. The quantitative estimate of drug-likeness (QED) is 0.743. The normalized spacial score (nSPS) is 27.5. The monoisotopic (exact) mass is 411 g/mol. The lowest BCUT2D eigenvalue weighted by Gasteiger charge is -2.50. The first-order valence-electron chi connectivity index (χ1n) is 10.6. The van der Waals surface area contributed by atoms with Crippen LogP contribution in [0.3, 0.4) is 0 Å². The molecule has 2 aromatic carbocycles. The van der Waals surface area contributed by atoms with Crippen LogP contribution in [-0.2, 0) is 0 Å². The van der Waals surface area contributed by atoms with Crippen molar-refractivity contribution in [3.8, 4) is 28.7 Å². The first-order valence-corrected chi connectivity index (χ1v) is 10.6. The molecule has 0 amide bonds. The standard InChI is InChI=1S/C24H29NO5/c1-15-23(17-8-7-16(26-3)11-19(17)27-4)18-12-21-22(29-14-28-21)13-20(18)30-24(15,2)25-9-5-6-10-25/h7-8,11-13,15,23H,5-6,9-10,14H2,1-4H3. The molecule has 5 rings (SSSR count). The molecular formula is C24H29NO5. The second-order valence-corrected chi connectivity index (χ2v) is 8.47. The van der Waals surface area contributed by atoms with Crippen molar-refractivity contribution in [1.82, 2.24) is 4.90 Å². The molecule has 160 valence electrons. The van der Waals surface area contributed by atoms with Crippen molar-refractivity contribution in [3.05, 3.63) is 41.5 Å². The fraction of sp³-hybridized carbons (Fsp3) is 0.500. The first-order chi connectivity index (χ1) is 14.5. The van der Waals surface area contributed by atoms with E-state index >= 15 is 0 Å². The van der Waals surface area contributed by atoms with Gasteiger partial charge in [0.2, 0.25) is 6.79 Å². The van der Waals surface area contributed by atoms with Gasteiger partial charge in [0.1, 0.15) is 17.2 Å². The lowest BCUT2D eigenvalue weighted by atomic mass is 9.73. The zero-order valence-electron chi connectivity index (χ0n) is 18.1. The predicted octanol–water partition coefficient (Wildman–Crippen LogP) is 4.40. The highest BCUT2D eigenvalue weighted by Crippen LogP contribution is 2.54. The largest absolute Gasteiger partial charge is 0.497 e. The van der Waals surface area contributed by atoms with Crippen molar-refractivity contribution in [3.63, 3.8) is 0 Å². The molecule has 0 aliphatic carbocycles. The van der Waals surface area contributed by atoms with Gasteiger partial charge in [-0.15, -0.1) is 0 Å². The first kappa shape index (κ1) is 19.4. The molecule has 30 heavy (non-hydrogen) atoms. The Hall–Kier alpha value is -2.60. The number of rotatable bonds is 4. The van der Waals surface area contributed by atoms with E-state index in [9.17, 15) is 0 Å². The van der Waals surface area contributed by atoms with Gasteiger partial charge in [-0.2, -0.15) is 0 Å². The van der Waals surface area contributed by atoms with Gasteiger partial charge in [-0.25, -0.2) is 0 Å². The Labute approximate surface area is 177 Å². The maximum atomic E-state index is 6.74. The molecule has 1 saturated heterocycles. The summed E-state index contributed by atoms with van der Waals surface area (Å²) in [7, 11) is 3.38. The molecule has 6 heteroatoms. The summed E-state index contributed by atoms with van der Waals surface area (Å²) in [6, 6.07) is 10.1. The minimum Gasteiger partial charge on any atom is -0.497 e. The predicted molar refractivity (Wildman–Crippen MR) is 113 cm³/mol. The summed E-state index contributed by atoms with van der Waals surface area (Å²) < 4.78 is 29.3. The van der Waals surface area contributed by atoms with Crippen LogP contribution in [0.2, 0.25) is 0 Å². The van der Waals surface area contributed by atoms with Crippen LogP contribution in [0.15, 0.2) is 30.3 Å². The average Bonchev–Trinajstić information content (AvgIpc) is 3.45. The van der Waals surface area contributed by atoms with Crippen LogP contribution in [0.4, 0.5) is 0 Å². The molecule has 3 aliphatic rings. The van der Waals surface area contributed by atoms with Gasteiger partial charge >= 0.3 is 0 Å². The number of ether oxygens (including phenoxy) is 5. The molecule has 2 aromatic rings. The molecule has 0 bridgehead atoms. The van der Waals surface area contributed by atoms with E-state index < -0.39 is 5.72 Å². The molecule has 3 unspecified atom stereocenters. The van der Waals surface area contributed by atoms with Gasteiger partial charge in [0, 0.05) is 48.2 Å². The van der Waals surface area contributed by atoms with E-state index in [2.05, 4.69) is 30.9 Å². The molecule has 0 spiro atoms. The van der Waals surface area contributed by atoms with Gasteiger partial charge in [-0.3, -0.25) is 4.90 Å². The number of nitrogens with zero attached hydrogens (tertiary/aromatic N) is 1. The Morgan fingerprint density at radius 1 is 0.933 bits per heavy atom. The van der Waals surface area contributed by atoms with Crippen LogP contribution in [0, 0.1) is 5.92 Å². The lowest BCUT2D eigenvalue weighted by molar-refractivity contribution is -0.114. The maximum Gasteiger partial charge on any atom is 0.231 e. The summed E-state index contributed by atoms with van der Waals surface area (Å²) in [5, 5.41) is 0. The molecular weight excluding hydrogens is 382 g/mol. The number of hydrogen-bond acceptors (Lipinski definition) is 6. The van der Waals surface area contributed by atoms with Gasteiger partial charge in [-0.05, 0) is 31.9 Å². The Bertz CT molecular complexity index is 955. The van der Waals surface area contributed by atoms with Crippen molar-refractivity contribution in [1.29, 1.82) is 0 Å². The third kappa shape index (κ3) is 2.88. The highest BCUT2D eigenvalue weighted by Gasteiger charge is 2.50. The molecule has 0 N–H and O–H groups in total. The van der Waals surface area contributed by atoms with E-state index in [4.69, 9.17) is 23.7 Å². The second-order valence-electron chi connectivity index (χ2n) is 8.47. The van der Waals surface area contributed by atoms with Crippen LogP contribution in [0.1, 0.15) is 43.7 Å². The minimum atomic E-state index is -0.424. The maximum absolute atomic E-state index is 6.74. The van der Waals surface area contributed by atoms with Crippen molar-refractivity contribution in [2.45, 2.75) is 38.3 Å². The van der Waals surface area contributed by atoms with E-state index in [-0.39, 0.29) is 18.6 Å². The van der Waals surface area contributed by atoms with Crippen LogP contribution >= 0.6 is 0 Å². The summed E-state index contributed by atoms with van der Waals surface area (Å²) in [5.41, 5.74) is 1.80. The zero-order chi connectivity index (χ0) is 20.9. The van der Waals surface area contributed by atoms with Crippen LogP contribution in [-0.4, -0.2) is 44.7 Å². The van der Waals surface area contributed by atoms with Gasteiger partial charge < -0.3 is 23.7 Å². The van der Waals surface area contributed by atoms with E-state index in [1.165, 1.54) is 12.8 Å². The summed E-state index contributed by atoms with van der Waals surface area (Å²) in [6.07, 6.45) is 2.41. The molecule has 0 saturated carbocycles. The Kier molecular flexibility index (Phi) is 4.69. The topological polar surface area (TPSA) is 49.4 Å². The molecule has 6 nitrogen and oxygen atoms in total. The summed E-state index contributed by atoms with van der Waals surface area (Å²) in [5.74, 6) is 4.23. The summed E-state index contributed by atoms with van der Waals surface area (Å²) >= 11 is 0. The molecule has 1 fully saturated rings. The third-order valence-corrected chi connectivity index (χ3v) is 7.01. The summed E-state index contributed by atoms with van der Waals surface area (Å²) in [6.45, 7) is 6.84. The fourth-order valence-corrected chi connectivity index (χ4v) is 5.19. The van der Waals surface area contributed by atoms with E-state index in [1.807, 2.05) is 18.2 Å². The van der Waals surface area contributed by atoms with Gasteiger partial charge in [0.25, 0.3) is 0 Å². The number of benzene rings is 2. The van der Waals surface area contributed by atoms with E-state index in [0.29, 0.717) is 0 Å². The average molecular weight is 411 g/mol. The Morgan fingerprint density at radius 2 is 1.67 bits per heavy atom. The molecule has 0 radical (unpaired) electrons. The number of likely N-dealkylation sites (tertiary alicyclic amines) is 1. The van der Waals surface area contributed by atoms with Crippen molar-refractivity contribution in [2.24, 2.45) is 5.92 Å². The highest BCUT2D eigenvalue weighted by atomic mass is 16.7. The minimum absolute atomic E-state index is 0.0784. The Balaban J connectivity index is 1.68. The van der Waals surface area contributed by atoms with Gasteiger partial charge in [-0.1, -0.05) is 13.0 Å². The van der Waals surface area contributed by atoms with Crippen molar-refractivity contribution < 1.29 is 23.7 Å². The molecule has 3 heterocycles. The van der Waals surface area contributed by atoms with Gasteiger partial charge in [0.15, 0.2) is 17.2 Å². The number of hydrogen-bond donors (Lipinski definition) is 0. The zero-order valence-corrected chi connectivity index (χ0v) is 18.1. The number of fused-ring (bicyclic) bond motifs is 2. The fourth-order valence-electron chi connectivity index (χ4n) is 5.19. The smallest absolute Gasteiger partial charge is 0.231 e.